The predicted molar refractivity (Wildman–Crippen MR) is 108 cm³/mol. The Morgan fingerprint density at radius 1 is 1.10 bits per heavy atom. The maximum atomic E-state index is 14.1. The van der Waals surface area contributed by atoms with Crippen molar-refractivity contribution < 1.29 is 18.7 Å². The van der Waals surface area contributed by atoms with Crippen LogP contribution in [0.5, 0.6) is 0 Å². The quantitative estimate of drug-likeness (QED) is 0.589. The Bertz CT molecular complexity index is 1190. The number of aromatic nitrogens is 2. The van der Waals surface area contributed by atoms with Crippen LogP contribution in [-0.4, -0.2) is 14.5 Å². The minimum Gasteiger partial charge on any atom is -0.421 e. The molecule has 0 aliphatic heterocycles. The first-order valence-corrected chi connectivity index (χ1v) is 9.45. The van der Waals surface area contributed by atoms with Crippen LogP contribution in [-0.2, 0) is 18.1 Å². The summed E-state index contributed by atoms with van der Waals surface area (Å²) in [6, 6.07) is 9.67. The van der Waals surface area contributed by atoms with Gasteiger partial charge in [0, 0.05) is 11.1 Å². The molecule has 0 bridgehead atoms. The predicted octanol–water partition coefficient (Wildman–Crippen LogP) is 4.14. The molecule has 6 nitrogen and oxygen atoms in total. The van der Waals surface area contributed by atoms with E-state index in [1.54, 1.807) is 19.9 Å². The van der Waals surface area contributed by atoms with E-state index in [4.69, 9.17) is 16.3 Å². The molecule has 1 heterocycles. The van der Waals surface area contributed by atoms with Crippen LogP contribution in [0.25, 0.3) is 11.3 Å². The standard InChI is InChI=1S/C21H19ClF2N2O4/c1-12(2)17-19(13-6-8-15(23)9-7-13)25(21(28)26(29)20(17)27)11-30-10-14-4-3-5-16(22)18(14)24/h3-9,12,29H,10-11H2,1-2H3. The Morgan fingerprint density at radius 2 is 1.77 bits per heavy atom. The summed E-state index contributed by atoms with van der Waals surface area (Å²) in [5.41, 5.74) is -0.979. The molecule has 0 aliphatic rings. The van der Waals surface area contributed by atoms with Crippen LogP contribution in [0.1, 0.15) is 30.9 Å². The van der Waals surface area contributed by atoms with Crippen molar-refractivity contribution in [3.63, 3.8) is 0 Å². The van der Waals surface area contributed by atoms with Crippen LogP contribution < -0.4 is 11.2 Å². The molecule has 0 fully saturated rings. The fraction of sp³-hybridized carbons (Fsp3) is 0.238. The van der Waals surface area contributed by atoms with E-state index in [9.17, 15) is 23.6 Å². The molecule has 3 aromatic rings. The maximum Gasteiger partial charge on any atom is 0.366 e. The highest BCUT2D eigenvalue weighted by molar-refractivity contribution is 6.30. The highest BCUT2D eigenvalue weighted by Gasteiger charge is 2.22. The van der Waals surface area contributed by atoms with Crippen LogP contribution in [0.15, 0.2) is 52.1 Å². The minimum atomic E-state index is -1.03. The highest BCUT2D eigenvalue weighted by Crippen LogP contribution is 2.26. The third-order valence-corrected chi connectivity index (χ3v) is 4.86. The Morgan fingerprint density at radius 3 is 2.40 bits per heavy atom. The molecule has 0 amide bonds. The zero-order valence-electron chi connectivity index (χ0n) is 16.2. The number of ether oxygens (including phenoxy) is 1. The summed E-state index contributed by atoms with van der Waals surface area (Å²) < 4.78 is 34.0. The molecule has 0 atom stereocenters. The molecule has 9 heteroatoms. The zero-order valence-corrected chi connectivity index (χ0v) is 17.0. The largest absolute Gasteiger partial charge is 0.421 e. The maximum absolute atomic E-state index is 14.1. The van der Waals surface area contributed by atoms with Gasteiger partial charge in [0.25, 0.3) is 5.56 Å². The first-order valence-electron chi connectivity index (χ1n) is 9.08. The van der Waals surface area contributed by atoms with E-state index in [-0.39, 0.29) is 39.1 Å². The molecule has 0 spiro atoms. The summed E-state index contributed by atoms with van der Waals surface area (Å²) in [6.45, 7) is 2.85. The van der Waals surface area contributed by atoms with E-state index < -0.39 is 29.6 Å². The van der Waals surface area contributed by atoms with Crippen molar-refractivity contribution in [3.8, 4) is 11.3 Å². The Hall–Kier alpha value is -2.97. The molecular formula is C21H19ClF2N2O4. The summed E-state index contributed by atoms with van der Waals surface area (Å²) in [5.74, 6) is -1.49. The molecule has 158 valence electrons. The van der Waals surface area contributed by atoms with Crippen LogP contribution >= 0.6 is 11.6 Å². The Labute approximate surface area is 175 Å². The van der Waals surface area contributed by atoms with Gasteiger partial charge in [-0.15, -0.1) is 0 Å². The van der Waals surface area contributed by atoms with E-state index in [0.29, 0.717) is 5.56 Å². The third-order valence-electron chi connectivity index (χ3n) is 4.56. The lowest BCUT2D eigenvalue weighted by Crippen LogP contribution is -2.42. The van der Waals surface area contributed by atoms with E-state index in [1.165, 1.54) is 36.4 Å². The number of hydrogen-bond donors (Lipinski definition) is 1. The molecule has 0 saturated heterocycles. The van der Waals surface area contributed by atoms with E-state index in [2.05, 4.69) is 0 Å². The van der Waals surface area contributed by atoms with Crippen molar-refractivity contribution >= 4 is 11.6 Å². The van der Waals surface area contributed by atoms with Gasteiger partial charge in [0.05, 0.1) is 17.3 Å². The van der Waals surface area contributed by atoms with Gasteiger partial charge in [0.1, 0.15) is 18.4 Å². The summed E-state index contributed by atoms with van der Waals surface area (Å²) in [7, 11) is 0. The Kier molecular flexibility index (Phi) is 6.38. The van der Waals surface area contributed by atoms with Crippen molar-refractivity contribution in [2.75, 3.05) is 0 Å². The molecule has 0 radical (unpaired) electrons. The van der Waals surface area contributed by atoms with Gasteiger partial charge in [-0.1, -0.05) is 42.3 Å². The number of nitrogens with zero attached hydrogens (tertiary/aromatic N) is 2. The summed E-state index contributed by atoms with van der Waals surface area (Å²) >= 11 is 5.76. The van der Waals surface area contributed by atoms with Crippen LogP contribution in [0.4, 0.5) is 8.78 Å². The number of rotatable bonds is 6. The van der Waals surface area contributed by atoms with E-state index >= 15 is 0 Å². The zero-order chi connectivity index (χ0) is 22.0. The molecule has 1 aromatic heterocycles. The first kappa shape index (κ1) is 21.7. The second-order valence-corrected chi connectivity index (χ2v) is 7.35. The lowest BCUT2D eigenvalue weighted by molar-refractivity contribution is 0.0516. The van der Waals surface area contributed by atoms with Crippen molar-refractivity contribution in [1.82, 2.24) is 9.30 Å². The summed E-state index contributed by atoms with van der Waals surface area (Å²) in [6.07, 6.45) is 0. The smallest absolute Gasteiger partial charge is 0.366 e. The molecule has 2 aromatic carbocycles. The van der Waals surface area contributed by atoms with Gasteiger partial charge in [-0.2, -0.15) is 0 Å². The molecule has 1 N–H and O–H groups in total. The lowest BCUT2D eigenvalue weighted by Gasteiger charge is -2.19. The van der Waals surface area contributed by atoms with Gasteiger partial charge < -0.3 is 9.94 Å². The van der Waals surface area contributed by atoms with Gasteiger partial charge in [-0.05, 0) is 41.8 Å². The monoisotopic (exact) mass is 436 g/mol. The fourth-order valence-corrected chi connectivity index (χ4v) is 3.32. The Balaban J connectivity index is 2.08. The second kappa shape index (κ2) is 8.81. The second-order valence-electron chi connectivity index (χ2n) is 6.94. The third kappa shape index (κ3) is 4.15. The van der Waals surface area contributed by atoms with Gasteiger partial charge in [0.2, 0.25) is 0 Å². The number of hydrogen-bond acceptors (Lipinski definition) is 4. The fourth-order valence-electron chi connectivity index (χ4n) is 3.12. The average Bonchev–Trinajstić information content (AvgIpc) is 2.71. The number of benzene rings is 2. The first-order chi connectivity index (χ1) is 14.2. The van der Waals surface area contributed by atoms with Crippen LogP contribution in [0, 0.1) is 11.6 Å². The molecule has 30 heavy (non-hydrogen) atoms. The van der Waals surface area contributed by atoms with E-state index in [1.807, 2.05) is 0 Å². The SMILES string of the molecule is CC(C)c1c(-c2ccc(F)cc2)n(COCc2cccc(Cl)c2F)c(=O)n(O)c1=O. The van der Waals surface area contributed by atoms with Crippen molar-refractivity contribution in [3.05, 3.63) is 91.1 Å². The van der Waals surface area contributed by atoms with Crippen LogP contribution in [0.3, 0.4) is 0 Å². The van der Waals surface area contributed by atoms with Crippen molar-refractivity contribution in [2.45, 2.75) is 33.1 Å². The molecule has 0 saturated carbocycles. The minimum absolute atomic E-state index is 0.00564. The van der Waals surface area contributed by atoms with Gasteiger partial charge in [-0.3, -0.25) is 9.36 Å². The van der Waals surface area contributed by atoms with Gasteiger partial charge in [-0.25, -0.2) is 13.6 Å². The molecule has 3 rings (SSSR count). The highest BCUT2D eigenvalue weighted by atomic mass is 35.5. The number of halogens is 3. The average molecular weight is 437 g/mol. The summed E-state index contributed by atoms with van der Waals surface area (Å²) in [5, 5.41) is 9.94. The normalized spacial score (nSPS) is 11.3. The topological polar surface area (TPSA) is 73.5 Å². The molecular weight excluding hydrogens is 418 g/mol. The molecule has 0 unspecified atom stereocenters. The van der Waals surface area contributed by atoms with Crippen molar-refractivity contribution in [1.29, 1.82) is 0 Å². The van der Waals surface area contributed by atoms with Gasteiger partial charge >= 0.3 is 5.69 Å². The van der Waals surface area contributed by atoms with Crippen LogP contribution in [0.2, 0.25) is 5.02 Å². The van der Waals surface area contributed by atoms with Gasteiger partial charge in [0.15, 0.2) is 0 Å². The summed E-state index contributed by atoms with van der Waals surface area (Å²) in [4.78, 5) is 25.2. The van der Waals surface area contributed by atoms with E-state index in [0.717, 1.165) is 4.57 Å². The lowest BCUT2D eigenvalue weighted by atomic mass is 9.98. The molecule has 0 aliphatic carbocycles. The van der Waals surface area contributed by atoms with Crippen molar-refractivity contribution in [2.24, 2.45) is 0 Å².